The van der Waals surface area contributed by atoms with Gasteiger partial charge in [-0.05, 0) is 103 Å². The molecule has 1 saturated heterocycles. The lowest BCUT2D eigenvalue weighted by Gasteiger charge is -2.49. The third-order valence-corrected chi connectivity index (χ3v) is 11.1. The molecule has 4 aliphatic rings. The molecular formula is C32H52Cl2N3O4-. The van der Waals surface area contributed by atoms with Crippen molar-refractivity contribution in [2.24, 2.45) is 29.6 Å². The zero-order chi connectivity index (χ0) is 29.5. The maximum atomic E-state index is 13.6. The molecule has 7 nitrogen and oxygen atoms in total. The van der Waals surface area contributed by atoms with Gasteiger partial charge in [-0.25, -0.2) is 0 Å². The lowest BCUT2D eigenvalue weighted by Crippen LogP contribution is -2.61. The van der Waals surface area contributed by atoms with Crippen molar-refractivity contribution in [1.82, 2.24) is 15.1 Å². The number of carboxylic acid groups (broad SMARTS) is 1. The number of hydrogen-bond acceptors (Lipinski definition) is 7. The normalized spacial score (nSPS) is 35.0. The summed E-state index contributed by atoms with van der Waals surface area (Å²) >= 11 is 11.9. The number of nitrogens with zero attached hydrogens (tertiary/aromatic N) is 2. The molecule has 0 aromatic rings. The van der Waals surface area contributed by atoms with Gasteiger partial charge in [0, 0.05) is 73.3 Å². The Bertz CT molecular complexity index is 867. The van der Waals surface area contributed by atoms with E-state index in [4.69, 9.17) is 23.2 Å². The Kier molecular flexibility index (Phi) is 12.8. The van der Waals surface area contributed by atoms with Crippen LogP contribution in [-0.2, 0) is 14.4 Å². The summed E-state index contributed by atoms with van der Waals surface area (Å²) in [6.45, 7) is 7.23. The van der Waals surface area contributed by atoms with E-state index >= 15 is 0 Å². The summed E-state index contributed by atoms with van der Waals surface area (Å²) in [6.07, 6.45) is 12.3. The number of likely N-dealkylation sites (tertiary alicyclic amines) is 1. The highest BCUT2D eigenvalue weighted by atomic mass is 35.5. The van der Waals surface area contributed by atoms with E-state index in [0.717, 1.165) is 51.2 Å². The number of carbonyl (C=O) groups is 3. The quantitative estimate of drug-likeness (QED) is 0.249. The molecule has 3 aliphatic carbocycles. The van der Waals surface area contributed by atoms with Crippen molar-refractivity contribution >= 4 is 40.7 Å². The monoisotopic (exact) mass is 612 g/mol. The summed E-state index contributed by atoms with van der Waals surface area (Å²) < 4.78 is 0. The van der Waals surface area contributed by atoms with Gasteiger partial charge in [0.15, 0.2) is 0 Å². The minimum absolute atomic E-state index is 0.0145. The molecule has 0 aromatic carbocycles. The van der Waals surface area contributed by atoms with Gasteiger partial charge in [-0.2, -0.15) is 0 Å². The number of alkyl halides is 2. The number of fused-ring (bicyclic) bond motifs is 1. The van der Waals surface area contributed by atoms with Crippen LogP contribution >= 0.6 is 23.2 Å². The van der Waals surface area contributed by atoms with Crippen molar-refractivity contribution < 1.29 is 19.5 Å². The van der Waals surface area contributed by atoms with Crippen molar-refractivity contribution in [2.45, 2.75) is 115 Å². The average Bonchev–Trinajstić information content (AvgIpc) is 2.96. The SMILES string of the molecule is CC(C)N1CC(C(=O)[O-])C(=O)C2CCC(C(=O)C3CCC(NC4CCC(CCN(CCCl)CCCl)CC4)CC3)CC21. The third-order valence-electron chi connectivity index (χ3n) is 10.8. The van der Waals surface area contributed by atoms with Gasteiger partial charge in [-0.1, -0.05) is 0 Å². The largest absolute Gasteiger partial charge is 0.549 e. The van der Waals surface area contributed by atoms with Crippen LogP contribution in [0.4, 0.5) is 0 Å². The molecule has 1 aliphatic heterocycles. The zero-order valence-electron chi connectivity index (χ0n) is 25.2. The fraction of sp³-hybridized carbons (Fsp3) is 0.906. The Hall–Kier alpha value is -0.730. The maximum Gasteiger partial charge on any atom is 0.147 e. The van der Waals surface area contributed by atoms with Crippen LogP contribution in [0, 0.1) is 29.6 Å². The van der Waals surface area contributed by atoms with Gasteiger partial charge in [0.2, 0.25) is 0 Å². The fourth-order valence-corrected chi connectivity index (χ4v) is 8.83. The molecule has 4 fully saturated rings. The molecule has 0 aromatic heterocycles. The Balaban J connectivity index is 1.19. The number of aliphatic carboxylic acids is 1. The van der Waals surface area contributed by atoms with E-state index in [-0.39, 0.29) is 42.2 Å². The molecule has 41 heavy (non-hydrogen) atoms. The summed E-state index contributed by atoms with van der Waals surface area (Å²) in [5, 5.41) is 15.6. The van der Waals surface area contributed by atoms with Crippen LogP contribution in [0.15, 0.2) is 0 Å². The lowest BCUT2D eigenvalue weighted by atomic mass is 9.67. The molecule has 3 saturated carbocycles. The topological polar surface area (TPSA) is 92.8 Å². The number of piperidine rings is 1. The number of carbonyl (C=O) groups excluding carboxylic acids is 3. The van der Waals surface area contributed by atoms with E-state index in [1.165, 1.54) is 32.1 Å². The molecular weight excluding hydrogens is 561 g/mol. The molecule has 4 atom stereocenters. The first-order valence-corrected chi connectivity index (χ1v) is 17.4. The molecule has 234 valence electrons. The molecule has 4 unspecified atom stereocenters. The second-order valence-corrected chi connectivity index (χ2v) is 14.3. The summed E-state index contributed by atoms with van der Waals surface area (Å²) in [4.78, 5) is 42.7. The number of hydrogen-bond donors (Lipinski definition) is 1. The molecule has 0 amide bonds. The summed E-state index contributed by atoms with van der Waals surface area (Å²) in [5.41, 5.74) is 0. The number of ketones is 2. The number of halogens is 2. The molecule has 0 spiro atoms. The second-order valence-electron chi connectivity index (χ2n) is 13.6. The van der Waals surface area contributed by atoms with Gasteiger partial charge in [0.1, 0.15) is 11.6 Å². The maximum absolute atomic E-state index is 13.6. The van der Waals surface area contributed by atoms with Crippen LogP contribution in [0.5, 0.6) is 0 Å². The van der Waals surface area contributed by atoms with Crippen molar-refractivity contribution in [2.75, 3.05) is 37.9 Å². The van der Waals surface area contributed by atoms with Crippen LogP contribution in [0.1, 0.15) is 90.9 Å². The van der Waals surface area contributed by atoms with Crippen LogP contribution in [0.3, 0.4) is 0 Å². The molecule has 1 N–H and O–H groups in total. The van der Waals surface area contributed by atoms with E-state index in [9.17, 15) is 19.5 Å². The summed E-state index contributed by atoms with van der Waals surface area (Å²) in [7, 11) is 0. The van der Waals surface area contributed by atoms with E-state index in [2.05, 4.69) is 15.1 Å². The van der Waals surface area contributed by atoms with Gasteiger partial charge in [-0.15, -0.1) is 23.2 Å². The highest BCUT2D eigenvalue weighted by Gasteiger charge is 2.48. The highest BCUT2D eigenvalue weighted by molar-refractivity contribution is 6.18. The Morgan fingerprint density at radius 2 is 1.49 bits per heavy atom. The Labute approximate surface area is 257 Å². The van der Waals surface area contributed by atoms with E-state index in [1.807, 2.05) is 13.8 Å². The van der Waals surface area contributed by atoms with E-state index < -0.39 is 11.9 Å². The molecule has 4 rings (SSSR count). The van der Waals surface area contributed by atoms with Gasteiger partial charge in [0.25, 0.3) is 0 Å². The van der Waals surface area contributed by atoms with Crippen LogP contribution in [0.25, 0.3) is 0 Å². The Morgan fingerprint density at radius 3 is 2.05 bits per heavy atom. The first-order chi connectivity index (χ1) is 19.7. The minimum atomic E-state index is -1.26. The van der Waals surface area contributed by atoms with E-state index in [0.29, 0.717) is 48.9 Å². The molecule has 0 radical (unpaired) electrons. The highest BCUT2D eigenvalue weighted by Crippen LogP contribution is 2.41. The number of Topliss-reactive ketones (excluding diaryl/α,β-unsaturated/α-hetero) is 2. The predicted molar refractivity (Wildman–Crippen MR) is 162 cm³/mol. The Morgan fingerprint density at radius 1 is 0.902 bits per heavy atom. The fourth-order valence-electron chi connectivity index (χ4n) is 8.35. The minimum Gasteiger partial charge on any atom is -0.549 e. The molecule has 9 heteroatoms. The van der Waals surface area contributed by atoms with Gasteiger partial charge >= 0.3 is 0 Å². The van der Waals surface area contributed by atoms with Crippen LogP contribution in [-0.4, -0.2) is 89.4 Å². The third kappa shape index (κ3) is 8.68. The molecule has 0 bridgehead atoms. The lowest BCUT2D eigenvalue weighted by molar-refractivity contribution is -0.311. The van der Waals surface area contributed by atoms with Gasteiger partial charge in [0.05, 0.1) is 11.9 Å². The van der Waals surface area contributed by atoms with Crippen molar-refractivity contribution in [3.8, 4) is 0 Å². The second kappa shape index (κ2) is 15.8. The number of rotatable bonds is 13. The van der Waals surface area contributed by atoms with Crippen LogP contribution in [0.2, 0.25) is 0 Å². The summed E-state index contributed by atoms with van der Waals surface area (Å²) in [6, 6.07) is 1.20. The predicted octanol–water partition coefficient (Wildman–Crippen LogP) is 3.88. The summed E-state index contributed by atoms with van der Waals surface area (Å²) in [5.74, 6) is -0.167. The average molecular weight is 614 g/mol. The molecule has 1 heterocycles. The number of nitrogens with one attached hydrogen (secondary N) is 1. The van der Waals surface area contributed by atoms with Gasteiger partial charge in [-0.3, -0.25) is 14.5 Å². The first-order valence-electron chi connectivity index (χ1n) is 16.4. The first kappa shape index (κ1) is 33.2. The zero-order valence-corrected chi connectivity index (χ0v) is 26.7. The van der Waals surface area contributed by atoms with E-state index in [1.54, 1.807) is 0 Å². The number of carboxylic acids is 1. The smallest absolute Gasteiger partial charge is 0.147 e. The van der Waals surface area contributed by atoms with Gasteiger partial charge < -0.3 is 20.1 Å². The van der Waals surface area contributed by atoms with Crippen molar-refractivity contribution in [3.63, 3.8) is 0 Å². The van der Waals surface area contributed by atoms with Crippen molar-refractivity contribution in [3.05, 3.63) is 0 Å². The standard InChI is InChI=1S/C32H53Cl2N3O4/c1-21(2)37-20-28(32(40)41)31(39)27-12-7-24(19-29(27)37)30(38)23-5-10-26(11-6-23)35-25-8-3-22(4-9-25)13-16-36(17-14-33)18-15-34/h21-29,35H,3-20H2,1-2H3,(H,40,41)/p-1. The van der Waals surface area contributed by atoms with Crippen molar-refractivity contribution in [1.29, 1.82) is 0 Å². The van der Waals surface area contributed by atoms with Crippen LogP contribution < -0.4 is 10.4 Å².